The van der Waals surface area contributed by atoms with E-state index in [2.05, 4.69) is 25.7 Å². The Morgan fingerprint density at radius 3 is 2.05 bits per heavy atom. The van der Waals surface area contributed by atoms with Gasteiger partial charge in [-0.3, -0.25) is 0 Å². The average molecular weight is 274 g/mol. The zero-order valence-corrected chi connectivity index (χ0v) is 13.6. The first-order valence-corrected chi connectivity index (χ1v) is 7.64. The van der Waals surface area contributed by atoms with Crippen LogP contribution in [-0.4, -0.2) is 50.6 Å². The van der Waals surface area contributed by atoms with Gasteiger partial charge in [0.05, 0.1) is 0 Å². The lowest BCUT2D eigenvalue weighted by Crippen LogP contribution is -2.40. The van der Waals surface area contributed by atoms with Crippen LogP contribution < -0.4 is 5.73 Å². The highest BCUT2D eigenvalue weighted by Gasteiger charge is 2.20. The van der Waals surface area contributed by atoms with Crippen LogP contribution in [0, 0.1) is 5.41 Å². The second-order valence-corrected chi connectivity index (χ2v) is 5.77. The van der Waals surface area contributed by atoms with E-state index in [1.165, 1.54) is 0 Å². The van der Waals surface area contributed by atoms with Gasteiger partial charge < -0.3 is 20.1 Å². The standard InChI is InChI=1S/C15H34N2O2/c1-6-10-17(13-15(4,5)12-16)11-9-14(18-7-2)19-8-3/h14H,6-13,16H2,1-5H3. The van der Waals surface area contributed by atoms with Gasteiger partial charge >= 0.3 is 0 Å². The Balaban J connectivity index is 4.24. The molecule has 0 rings (SSSR count). The zero-order valence-electron chi connectivity index (χ0n) is 13.6. The Bertz CT molecular complexity index is 204. The van der Waals surface area contributed by atoms with Crippen LogP contribution in [0.4, 0.5) is 0 Å². The molecular formula is C15H34N2O2. The maximum atomic E-state index is 5.83. The lowest BCUT2D eigenvalue weighted by molar-refractivity contribution is -0.142. The summed E-state index contributed by atoms with van der Waals surface area (Å²) in [4.78, 5) is 2.47. The summed E-state index contributed by atoms with van der Waals surface area (Å²) in [6.45, 7) is 15.9. The third-order valence-electron chi connectivity index (χ3n) is 3.13. The topological polar surface area (TPSA) is 47.7 Å². The van der Waals surface area contributed by atoms with Crippen molar-refractivity contribution < 1.29 is 9.47 Å². The van der Waals surface area contributed by atoms with Crippen molar-refractivity contribution in [3.63, 3.8) is 0 Å². The summed E-state index contributed by atoms with van der Waals surface area (Å²) in [5.74, 6) is 0. The Morgan fingerprint density at radius 1 is 1.05 bits per heavy atom. The van der Waals surface area contributed by atoms with Gasteiger partial charge in [0.15, 0.2) is 6.29 Å². The van der Waals surface area contributed by atoms with Crippen molar-refractivity contribution in [3.8, 4) is 0 Å². The van der Waals surface area contributed by atoms with Crippen LogP contribution in [0.15, 0.2) is 0 Å². The molecule has 0 aliphatic rings. The molecule has 0 unspecified atom stereocenters. The smallest absolute Gasteiger partial charge is 0.158 e. The minimum Gasteiger partial charge on any atom is -0.353 e. The molecule has 0 spiro atoms. The summed E-state index contributed by atoms with van der Waals surface area (Å²) in [6.07, 6.45) is 2.01. The summed E-state index contributed by atoms with van der Waals surface area (Å²) in [6, 6.07) is 0. The number of nitrogens with two attached hydrogens (primary N) is 1. The highest BCUT2D eigenvalue weighted by Crippen LogP contribution is 2.16. The quantitative estimate of drug-likeness (QED) is 0.555. The third kappa shape index (κ3) is 9.38. The molecule has 0 saturated carbocycles. The minimum absolute atomic E-state index is 0.0738. The second kappa shape index (κ2) is 10.6. The SMILES string of the molecule is CCCN(CCC(OCC)OCC)CC(C)(C)CN. The molecule has 0 aromatic carbocycles. The summed E-state index contributed by atoms with van der Waals surface area (Å²) in [5.41, 5.74) is 5.99. The van der Waals surface area contributed by atoms with E-state index in [1.807, 2.05) is 13.8 Å². The van der Waals surface area contributed by atoms with E-state index < -0.39 is 0 Å². The first kappa shape index (κ1) is 18.8. The van der Waals surface area contributed by atoms with Crippen molar-refractivity contribution >= 4 is 0 Å². The predicted octanol–water partition coefficient (Wildman–Crippen LogP) is 2.47. The molecule has 4 heteroatoms. The van der Waals surface area contributed by atoms with Gasteiger partial charge in [-0.1, -0.05) is 20.8 Å². The molecule has 116 valence electrons. The normalized spacial score (nSPS) is 12.6. The van der Waals surface area contributed by atoms with Gasteiger partial charge in [-0.25, -0.2) is 0 Å². The van der Waals surface area contributed by atoms with Gasteiger partial charge in [-0.2, -0.15) is 0 Å². The Kier molecular flexibility index (Phi) is 10.5. The van der Waals surface area contributed by atoms with Gasteiger partial charge in [0.1, 0.15) is 0 Å². The van der Waals surface area contributed by atoms with E-state index in [0.29, 0.717) is 19.8 Å². The van der Waals surface area contributed by atoms with E-state index in [4.69, 9.17) is 15.2 Å². The first-order valence-electron chi connectivity index (χ1n) is 7.64. The summed E-state index contributed by atoms with van der Waals surface area (Å²) >= 11 is 0. The van der Waals surface area contributed by atoms with Gasteiger partial charge in [-0.05, 0) is 38.8 Å². The predicted molar refractivity (Wildman–Crippen MR) is 81.2 cm³/mol. The fraction of sp³-hybridized carbons (Fsp3) is 1.00. The van der Waals surface area contributed by atoms with Crippen LogP contribution in [-0.2, 0) is 9.47 Å². The molecule has 0 aromatic heterocycles. The van der Waals surface area contributed by atoms with Crippen LogP contribution in [0.25, 0.3) is 0 Å². The molecule has 0 amide bonds. The molecular weight excluding hydrogens is 240 g/mol. The lowest BCUT2D eigenvalue weighted by atomic mass is 9.93. The number of ether oxygens (including phenoxy) is 2. The third-order valence-corrected chi connectivity index (χ3v) is 3.13. The van der Waals surface area contributed by atoms with Gasteiger partial charge in [0.25, 0.3) is 0 Å². The van der Waals surface area contributed by atoms with Crippen LogP contribution in [0.1, 0.15) is 47.5 Å². The fourth-order valence-corrected chi connectivity index (χ4v) is 2.13. The number of hydrogen-bond donors (Lipinski definition) is 1. The van der Waals surface area contributed by atoms with Gasteiger partial charge in [-0.15, -0.1) is 0 Å². The number of nitrogens with zero attached hydrogens (tertiary/aromatic N) is 1. The average Bonchev–Trinajstić information content (AvgIpc) is 2.36. The van der Waals surface area contributed by atoms with Crippen LogP contribution in [0.3, 0.4) is 0 Å². The fourth-order valence-electron chi connectivity index (χ4n) is 2.13. The summed E-state index contributed by atoms with van der Waals surface area (Å²) in [5, 5.41) is 0. The van der Waals surface area contributed by atoms with Crippen molar-refractivity contribution in [1.82, 2.24) is 4.90 Å². The molecule has 4 nitrogen and oxygen atoms in total. The first-order chi connectivity index (χ1) is 8.99. The highest BCUT2D eigenvalue weighted by atomic mass is 16.7. The van der Waals surface area contributed by atoms with E-state index in [1.54, 1.807) is 0 Å². The molecule has 0 saturated heterocycles. The molecule has 0 bridgehead atoms. The Labute approximate surface area is 119 Å². The highest BCUT2D eigenvalue weighted by molar-refractivity contribution is 4.75. The maximum Gasteiger partial charge on any atom is 0.158 e. The van der Waals surface area contributed by atoms with Crippen LogP contribution in [0.2, 0.25) is 0 Å². The molecule has 2 N–H and O–H groups in total. The van der Waals surface area contributed by atoms with Crippen molar-refractivity contribution in [1.29, 1.82) is 0 Å². The second-order valence-electron chi connectivity index (χ2n) is 5.77. The van der Waals surface area contributed by atoms with E-state index in [-0.39, 0.29) is 11.7 Å². The summed E-state index contributed by atoms with van der Waals surface area (Å²) in [7, 11) is 0. The number of rotatable bonds is 12. The molecule has 0 aromatic rings. The van der Waals surface area contributed by atoms with E-state index in [0.717, 1.165) is 32.5 Å². The lowest BCUT2D eigenvalue weighted by Gasteiger charge is -2.32. The van der Waals surface area contributed by atoms with Crippen molar-refractivity contribution in [3.05, 3.63) is 0 Å². The Hall–Kier alpha value is -0.160. The molecule has 0 radical (unpaired) electrons. The molecule has 0 fully saturated rings. The molecule has 0 aliphatic heterocycles. The van der Waals surface area contributed by atoms with Crippen LogP contribution >= 0.6 is 0 Å². The van der Waals surface area contributed by atoms with Gasteiger partial charge in [0.2, 0.25) is 0 Å². The zero-order chi connectivity index (χ0) is 14.7. The van der Waals surface area contributed by atoms with E-state index >= 15 is 0 Å². The summed E-state index contributed by atoms with van der Waals surface area (Å²) < 4.78 is 11.2. The molecule has 0 aliphatic carbocycles. The molecule has 0 atom stereocenters. The van der Waals surface area contributed by atoms with E-state index in [9.17, 15) is 0 Å². The van der Waals surface area contributed by atoms with Crippen molar-refractivity contribution in [2.24, 2.45) is 11.1 Å². The minimum atomic E-state index is -0.0738. The van der Waals surface area contributed by atoms with Crippen molar-refractivity contribution in [2.45, 2.75) is 53.8 Å². The largest absolute Gasteiger partial charge is 0.353 e. The number of hydrogen-bond acceptors (Lipinski definition) is 4. The van der Waals surface area contributed by atoms with Gasteiger partial charge in [0, 0.05) is 32.7 Å². The molecule has 0 heterocycles. The molecule has 19 heavy (non-hydrogen) atoms. The Morgan fingerprint density at radius 2 is 1.63 bits per heavy atom. The monoisotopic (exact) mass is 274 g/mol. The van der Waals surface area contributed by atoms with Crippen molar-refractivity contribution in [2.75, 3.05) is 39.4 Å². The van der Waals surface area contributed by atoms with Crippen LogP contribution in [0.5, 0.6) is 0 Å². The maximum absolute atomic E-state index is 5.83.